The molecule has 4 heterocycles. The van der Waals surface area contributed by atoms with Crippen molar-refractivity contribution in [2.75, 3.05) is 0 Å². The molecular weight excluding hydrogens is 400 g/mol. The predicted molar refractivity (Wildman–Crippen MR) is 122 cm³/mol. The Morgan fingerprint density at radius 1 is 1.28 bits per heavy atom. The van der Waals surface area contributed by atoms with E-state index in [1.54, 1.807) is 0 Å². The molecule has 1 fully saturated rings. The molecule has 0 saturated heterocycles. The van der Waals surface area contributed by atoms with Crippen LogP contribution in [0.4, 0.5) is 0 Å². The third-order valence-electron chi connectivity index (χ3n) is 7.85. The number of hydrogen-bond donors (Lipinski definition) is 2. The van der Waals surface area contributed by atoms with Gasteiger partial charge in [-0.15, -0.1) is 0 Å². The van der Waals surface area contributed by atoms with Crippen molar-refractivity contribution in [2.45, 2.75) is 63.1 Å². The van der Waals surface area contributed by atoms with Gasteiger partial charge in [0.15, 0.2) is 6.17 Å². The highest BCUT2D eigenvalue weighted by molar-refractivity contribution is 6.00. The number of amides is 1. The van der Waals surface area contributed by atoms with Gasteiger partial charge in [-0.05, 0) is 49.8 Å². The molecule has 2 aromatic rings. The number of benzene rings is 1. The van der Waals surface area contributed by atoms with Crippen molar-refractivity contribution in [3.63, 3.8) is 0 Å². The van der Waals surface area contributed by atoms with Crippen LogP contribution in [0.5, 0.6) is 0 Å². The lowest BCUT2D eigenvalue weighted by atomic mass is 9.60. The lowest BCUT2D eigenvalue weighted by Crippen LogP contribution is -2.62. The van der Waals surface area contributed by atoms with Gasteiger partial charge in [-0.2, -0.15) is 15.3 Å². The largest absolute Gasteiger partial charge is 0.362 e. The molecule has 3 aliphatic heterocycles. The number of azo groups is 1. The summed E-state index contributed by atoms with van der Waals surface area (Å²) in [5.74, 6) is 0.0505. The summed E-state index contributed by atoms with van der Waals surface area (Å²) in [6.45, 7) is 4.19. The minimum Gasteiger partial charge on any atom is -0.362 e. The van der Waals surface area contributed by atoms with E-state index in [0.717, 1.165) is 64.9 Å². The first-order valence-electron chi connectivity index (χ1n) is 11.5. The van der Waals surface area contributed by atoms with Crippen molar-refractivity contribution < 1.29 is 4.79 Å². The first-order chi connectivity index (χ1) is 15.5. The molecule has 6 rings (SSSR count). The van der Waals surface area contributed by atoms with Crippen LogP contribution in [0.2, 0.25) is 0 Å². The molecule has 1 aromatic heterocycles. The van der Waals surface area contributed by atoms with E-state index in [0.29, 0.717) is 0 Å². The Hall–Kier alpha value is -3.22. The van der Waals surface area contributed by atoms with Crippen LogP contribution >= 0.6 is 0 Å². The number of fused-ring (bicyclic) bond motifs is 1. The fourth-order valence-corrected chi connectivity index (χ4v) is 6.18. The van der Waals surface area contributed by atoms with E-state index >= 15 is 0 Å². The molecule has 4 aliphatic rings. The average Bonchev–Trinajstić information content (AvgIpc) is 3.36. The summed E-state index contributed by atoms with van der Waals surface area (Å²) in [5.41, 5.74) is 6.61. The highest BCUT2D eigenvalue weighted by atomic mass is 16.2. The highest BCUT2D eigenvalue weighted by Crippen LogP contribution is 2.53. The molecule has 7 nitrogen and oxygen atoms in total. The number of carbonyl (C=O) groups excluding carboxylic acids is 1. The normalized spacial score (nSPS) is 27.4. The fraction of sp³-hybridized carbons (Fsp3) is 0.440. The second-order valence-corrected chi connectivity index (χ2v) is 9.62. The molecule has 164 valence electrons. The molecule has 1 spiro atoms. The van der Waals surface area contributed by atoms with Crippen molar-refractivity contribution in [1.29, 1.82) is 0 Å². The van der Waals surface area contributed by atoms with Gasteiger partial charge in [-0.3, -0.25) is 9.48 Å². The molecule has 32 heavy (non-hydrogen) atoms. The predicted octanol–water partition coefficient (Wildman–Crippen LogP) is 4.02. The summed E-state index contributed by atoms with van der Waals surface area (Å²) in [6, 6.07) is 8.57. The average molecular weight is 429 g/mol. The van der Waals surface area contributed by atoms with Crippen LogP contribution in [0, 0.1) is 6.92 Å². The lowest BCUT2D eigenvalue weighted by molar-refractivity contribution is -0.122. The number of nitrogens with zero attached hydrogens (tertiary/aromatic N) is 4. The Morgan fingerprint density at radius 2 is 2.12 bits per heavy atom. The third kappa shape index (κ3) is 2.54. The van der Waals surface area contributed by atoms with Gasteiger partial charge in [-0.25, -0.2) is 0 Å². The van der Waals surface area contributed by atoms with E-state index in [1.165, 1.54) is 6.42 Å². The van der Waals surface area contributed by atoms with Gasteiger partial charge in [0, 0.05) is 42.0 Å². The van der Waals surface area contributed by atoms with Crippen molar-refractivity contribution >= 4 is 5.91 Å². The topological polar surface area (TPSA) is 83.7 Å². The first-order valence-corrected chi connectivity index (χ1v) is 11.5. The molecule has 1 aromatic carbocycles. The maximum atomic E-state index is 13.7. The second kappa shape index (κ2) is 6.64. The summed E-state index contributed by atoms with van der Waals surface area (Å²) in [4.78, 5) is 13.7. The van der Waals surface area contributed by atoms with Gasteiger partial charge in [-0.1, -0.05) is 25.1 Å². The van der Waals surface area contributed by atoms with Gasteiger partial charge in [0.2, 0.25) is 0 Å². The van der Waals surface area contributed by atoms with Crippen LogP contribution < -0.4 is 10.6 Å². The molecule has 1 saturated carbocycles. The number of aromatic nitrogens is 2. The zero-order valence-electron chi connectivity index (χ0n) is 18.8. The molecule has 1 aliphatic carbocycles. The third-order valence-corrected chi connectivity index (χ3v) is 7.85. The standard InChI is InChI=1S/C25H28N6O/c1-4-25(17-8-5-7-16(11-17)18-14-31(3)30-15(18)2)19-13-26-29-22(19)27-20-12-24(9-6-10-24)28-23(32)21(20)25/h5,7-8,11,13-14,22,27H,4,6,9-10,12H2,1-3H3,(H,28,32)/t22?,25-/m0/s1. The Labute approximate surface area is 187 Å². The number of aryl methyl sites for hydroxylation is 2. The number of rotatable bonds is 3. The van der Waals surface area contributed by atoms with Crippen LogP contribution in [0.15, 0.2) is 63.7 Å². The maximum Gasteiger partial charge on any atom is 0.250 e. The number of hydrogen-bond acceptors (Lipinski definition) is 5. The molecule has 1 unspecified atom stereocenters. The summed E-state index contributed by atoms with van der Waals surface area (Å²) < 4.78 is 1.85. The van der Waals surface area contributed by atoms with E-state index in [-0.39, 0.29) is 17.6 Å². The van der Waals surface area contributed by atoms with Gasteiger partial charge in [0.05, 0.1) is 22.9 Å². The fourth-order valence-electron chi connectivity index (χ4n) is 6.18. The maximum absolute atomic E-state index is 13.7. The quantitative estimate of drug-likeness (QED) is 0.775. The summed E-state index contributed by atoms with van der Waals surface area (Å²) in [5, 5.41) is 20.2. The molecule has 0 radical (unpaired) electrons. The van der Waals surface area contributed by atoms with E-state index in [4.69, 9.17) is 0 Å². The Bertz CT molecular complexity index is 1230. The van der Waals surface area contributed by atoms with Gasteiger partial charge >= 0.3 is 0 Å². The van der Waals surface area contributed by atoms with Gasteiger partial charge in [0.25, 0.3) is 5.91 Å². The molecule has 2 atom stereocenters. The second-order valence-electron chi connectivity index (χ2n) is 9.62. The van der Waals surface area contributed by atoms with Crippen molar-refractivity contribution in [1.82, 2.24) is 20.4 Å². The van der Waals surface area contributed by atoms with Crippen LogP contribution in [0.25, 0.3) is 11.1 Å². The SMILES string of the molecule is CC[C@]1(c2cccc(-c3cn(C)nc3C)c2)C2=CN=NC2NC2=C1C(=O)NC1(CCC1)C2. The summed E-state index contributed by atoms with van der Waals surface area (Å²) >= 11 is 0. The number of carbonyl (C=O) groups is 1. The van der Waals surface area contributed by atoms with Crippen molar-refractivity contribution in [2.24, 2.45) is 17.3 Å². The van der Waals surface area contributed by atoms with E-state index < -0.39 is 5.41 Å². The number of nitrogens with one attached hydrogen (secondary N) is 2. The molecule has 1 amide bonds. The Kier molecular flexibility index (Phi) is 4.04. The van der Waals surface area contributed by atoms with E-state index in [1.807, 2.05) is 24.9 Å². The molecule has 7 heteroatoms. The Morgan fingerprint density at radius 3 is 2.81 bits per heavy atom. The van der Waals surface area contributed by atoms with Crippen molar-refractivity contribution in [3.05, 3.63) is 64.8 Å². The monoisotopic (exact) mass is 428 g/mol. The highest BCUT2D eigenvalue weighted by Gasteiger charge is 2.55. The zero-order chi connectivity index (χ0) is 22.1. The van der Waals surface area contributed by atoms with Gasteiger partial charge in [0.1, 0.15) is 0 Å². The first kappa shape index (κ1) is 19.5. The van der Waals surface area contributed by atoms with E-state index in [9.17, 15) is 4.79 Å². The summed E-state index contributed by atoms with van der Waals surface area (Å²) in [6.07, 6.45) is 8.56. The van der Waals surface area contributed by atoms with Crippen LogP contribution in [-0.2, 0) is 17.3 Å². The minimum absolute atomic E-state index is 0.0505. The van der Waals surface area contributed by atoms with Crippen LogP contribution in [0.1, 0.15) is 50.3 Å². The zero-order valence-corrected chi connectivity index (χ0v) is 18.8. The van der Waals surface area contributed by atoms with Crippen LogP contribution in [-0.4, -0.2) is 27.4 Å². The van der Waals surface area contributed by atoms with Crippen LogP contribution in [0.3, 0.4) is 0 Å². The molecule has 2 N–H and O–H groups in total. The molecule has 0 bridgehead atoms. The summed E-state index contributed by atoms with van der Waals surface area (Å²) in [7, 11) is 1.94. The minimum atomic E-state index is -0.559. The van der Waals surface area contributed by atoms with Gasteiger partial charge < -0.3 is 10.6 Å². The molecular formula is C25H28N6O. The smallest absolute Gasteiger partial charge is 0.250 e. The van der Waals surface area contributed by atoms with Crippen molar-refractivity contribution in [3.8, 4) is 11.1 Å². The Balaban J connectivity index is 1.55. The van der Waals surface area contributed by atoms with E-state index in [2.05, 4.69) is 63.3 Å². The lowest BCUT2D eigenvalue weighted by Gasteiger charge is -2.52.